The molecule has 0 spiro atoms. The Morgan fingerprint density at radius 2 is 2.17 bits per heavy atom. The van der Waals surface area contributed by atoms with Crippen molar-refractivity contribution in [1.82, 2.24) is 4.98 Å². The first-order chi connectivity index (χ1) is 8.58. The Labute approximate surface area is 109 Å². The van der Waals surface area contributed by atoms with E-state index in [2.05, 4.69) is 4.98 Å². The minimum Gasteiger partial charge on any atom is -0.438 e. The van der Waals surface area contributed by atoms with Crippen LogP contribution in [0.15, 0.2) is 36.5 Å². The van der Waals surface area contributed by atoms with Gasteiger partial charge in [0.2, 0.25) is 5.88 Å². The number of aryl methyl sites for hydroxylation is 1. The number of nitrogens with two attached hydrogens (primary N) is 1. The van der Waals surface area contributed by atoms with Crippen molar-refractivity contribution >= 4 is 17.2 Å². The Bertz CT molecular complexity index is 601. The highest BCUT2D eigenvalue weighted by atomic mass is 32.1. The average molecular weight is 262 g/mol. The number of hydrogen-bond donors (Lipinski definition) is 1. The highest BCUT2D eigenvalue weighted by Crippen LogP contribution is 2.24. The lowest BCUT2D eigenvalue weighted by molar-refractivity contribution is 0.459. The van der Waals surface area contributed by atoms with Crippen LogP contribution in [-0.2, 0) is 0 Å². The Balaban J connectivity index is 2.34. The number of pyridine rings is 1. The molecule has 0 amide bonds. The second kappa shape index (κ2) is 5.10. The van der Waals surface area contributed by atoms with Crippen molar-refractivity contribution in [2.75, 3.05) is 0 Å². The number of rotatable bonds is 3. The predicted octanol–water partition coefficient (Wildman–Crippen LogP) is 2.96. The molecule has 0 saturated carbocycles. The maximum Gasteiger partial charge on any atom is 0.229 e. The van der Waals surface area contributed by atoms with Crippen molar-refractivity contribution in [2.24, 2.45) is 5.73 Å². The molecule has 1 aromatic heterocycles. The van der Waals surface area contributed by atoms with Crippen LogP contribution in [0.3, 0.4) is 0 Å². The summed E-state index contributed by atoms with van der Waals surface area (Å²) in [5.74, 6) is 0.527. The van der Waals surface area contributed by atoms with Gasteiger partial charge in [0, 0.05) is 6.20 Å². The highest BCUT2D eigenvalue weighted by Gasteiger charge is 2.09. The molecule has 2 aromatic rings. The predicted molar refractivity (Wildman–Crippen MR) is 71.3 cm³/mol. The number of ether oxygens (including phenoxy) is 1. The Hall–Kier alpha value is -2.01. The second-order valence-electron chi connectivity index (χ2n) is 3.73. The average Bonchev–Trinajstić information content (AvgIpc) is 2.34. The molecule has 0 aliphatic carbocycles. The summed E-state index contributed by atoms with van der Waals surface area (Å²) in [6, 6.07) is 7.90. The van der Waals surface area contributed by atoms with E-state index in [1.54, 1.807) is 31.3 Å². The largest absolute Gasteiger partial charge is 0.438 e. The van der Waals surface area contributed by atoms with Crippen molar-refractivity contribution in [3.05, 3.63) is 53.5 Å². The normalized spacial score (nSPS) is 10.1. The van der Waals surface area contributed by atoms with Gasteiger partial charge in [-0.05, 0) is 42.8 Å². The third kappa shape index (κ3) is 2.62. The number of halogens is 1. The van der Waals surface area contributed by atoms with Crippen molar-refractivity contribution in [3.8, 4) is 11.6 Å². The van der Waals surface area contributed by atoms with Crippen LogP contribution in [0.1, 0.15) is 11.1 Å². The van der Waals surface area contributed by atoms with E-state index in [0.717, 1.165) is 0 Å². The van der Waals surface area contributed by atoms with Crippen molar-refractivity contribution < 1.29 is 9.13 Å². The summed E-state index contributed by atoms with van der Waals surface area (Å²) in [6.45, 7) is 1.66. The standard InChI is InChI=1S/C13H11FN2OS/c1-8-7-9(4-5-11(8)14)17-13-10(12(15)18)3-2-6-16-13/h2-7H,1H3,(H2,15,18). The van der Waals surface area contributed by atoms with Crippen LogP contribution < -0.4 is 10.5 Å². The molecule has 92 valence electrons. The summed E-state index contributed by atoms with van der Waals surface area (Å²) in [7, 11) is 0. The summed E-state index contributed by atoms with van der Waals surface area (Å²) in [5, 5.41) is 0. The van der Waals surface area contributed by atoms with Gasteiger partial charge in [-0.15, -0.1) is 0 Å². The quantitative estimate of drug-likeness (QED) is 0.864. The first kappa shape index (κ1) is 12.4. The van der Waals surface area contributed by atoms with Gasteiger partial charge in [-0.3, -0.25) is 0 Å². The molecule has 2 N–H and O–H groups in total. The van der Waals surface area contributed by atoms with E-state index in [0.29, 0.717) is 22.8 Å². The molecule has 2 rings (SSSR count). The van der Waals surface area contributed by atoms with E-state index >= 15 is 0 Å². The van der Waals surface area contributed by atoms with Gasteiger partial charge < -0.3 is 10.5 Å². The summed E-state index contributed by atoms with van der Waals surface area (Å²) in [4.78, 5) is 4.27. The van der Waals surface area contributed by atoms with Crippen molar-refractivity contribution in [1.29, 1.82) is 0 Å². The fourth-order valence-corrected chi connectivity index (χ4v) is 1.61. The van der Waals surface area contributed by atoms with Gasteiger partial charge in [0.25, 0.3) is 0 Å². The molecular weight excluding hydrogens is 251 g/mol. The lowest BCUT2D eigenvalue weighted by atomic mass is 10.2. The summed E-state index contributed by atoms with van der Waals surface area (Å²) in [5.41, 5.74) is 6.62. The molecule has 0 saturated heterocycles. The van der Waals surface area contributed by atoms with Gasteiger partial charge in [-0.1, -0.05) is 12.2 Å². The number of nitrogens with zero attached hydrogens (tertiary/aromatic N) is 1. The topological polar surface area (TPSA) is 48.1 Å². The molecule has 0 aliphatic rings. The van der Waals surface area contributed by atoms with Crippen LogP contribution >= 0.6 is 12.2 Å². The van der Waals surface area contributed by atoms with Crippen molar-refractivity contribution in [3.63, 3.8) is 0 Å². The molecule has 3 nitrogen and oxygen atoms in total. The number of thiocarbonyl (C=S) groups is 1. The lowest BCUT2D eigenvalue weighted by Gasteiger charge is -2.09. The Morgan fingerprint density at radius 3 is 2.83 bits per heavy atom. The smallest absolute Gasteiger partial charge is 0.229 e. The summed E-state index contributed by atoms with van der Waals surface area (Å²) in [6.07, 6.45) is 1.58. The first-order valence-electron chi connectivity index (χ1n) is 5.27. The highest BCUT2D eigenvalue weighted by molar-refractivity contribution is 7.80. The summed E-state index contributed by atoms with van der Waals surface area (Å²) >= 11 is 4.91. The lowest BCUT2D eigenvalue weighted by Crippen LogP contribution is -2.11. The van der Waals surface area contributed by atoms with Crippen LogP contribution in [0.4, 0.5) is 4.39 Å². The first-order valence-corrected chi connectivity index (χ1v) is 5.67. The van der Waals surface area contributed by atoms with E-state index in [1.165, 1.54) is 12.1 Å². The summed E-state index contributed by atoms with van der Waals surface area (Å²) < 4.78 is 18.7. The van der Waals surface area contributed by atoms with Gasteiger partial charge in [0.05, 0.1) is 5.56 Å². The van der Waals surface area contributed by atoms with Crippen LogP contribution in [-0.4, -0.2) is 9.97 Å². The van der Waals surface area contributed by atoms with Crippen molar-refractivity contribution in [2.45, 2.75) is 6.92 Å². The van der Waals surface area contributed by atoms with E-state index in [-0.39, 0.29) is 10.8 Å². The molecule has 18 heavy (non-hydrogen) atoms. The maximum atomic E-state index is 13.1. The molecule has 0 radical (unpaired) electrons. The minimum absolute atomic E-state index is 0.205. The fraction of sp³-hybridized carbons (Fsp3) is 0.0769. The zero-order chi connectivity index (χ0) is 13.1. The van der Waals surface area contributed by atoms with Gasteiger partial charge in [-0.2, -0.15) is 0 Å². The SMILES string of the molecule is Cc1cc(Oc2ncccc2C(N)=S)ccc1F. The van der Waals surface area contributed by atoms with Crippen LogP contribution in [0.5, 0.6) is 11.6 Å². The van der Waals surface area contributed by atoms with Gasteiger partial charge in [0.1, 0.15) is 16.6 Å². The maximum absolute atomic E-state index is 13.1. The third-order valence-electron chi connectivity index (χ3n) is 2.38. The molecule has 1 heterocycles. The van der Waals surface area contributed by atoms with Crippen LogP contribution in [0, 0.1) is 12.7 Å². The molecule has 0 atom stereocenters. The molecule has 0 unspecified atom stereocenters. The monoisotopic (exact) mass is 262 g/mol. The van der Waals surface area contributed by atoms with E-state index in [1.807, 2.05) is 0 Å². The van der Waals surface area contributed by atoms with Crippen LogP contribution in [0.2, 0.25) is 0 Å². The number of hydrogen-bond acceptors (Lipinski definition) is 3. The van der Waals surface area contributed by atoms with E-state index in [4.69, 9.17) is 22.7 Å². The number of benzene rings is 1. The number of aromatic nitrogens is 1. The molecule has 0 fully saturated rings. The molecule has 0 bridgehead atoms. The zero-order valence-electron chi connectivity index (χ0n) is 9.68. The van der Waals surface area contributed by atoms with E-state index in [9.17, 15) is 4.39 Å². The zero-order valence-corrected chi connectivity index (χ0v) is 10.5. The molecule has 1 aromatic carbocycles. The van der Waals surface area contributed by atoms with Gasteiger partial charge in [0.15, 0.2) is 0 Å². The van der Waals surface area contributed by atoms with E-state index < -0.39 is 0 Å². The molecule has 5 heteroatoms. The molecular formula is C13H11FN2OS. The minimum atomic E-state index is -0.280. The Kier molecular flexibility index (Phi) is 3.53. The van der Waals surface area contributed by atoms with Gasteiger partial charge in [-0.25, -0.2) is 9.37 Å². The van der Waals surface area contributed by atoms with Gasteiger partial charge >= 0.3 is 0 Å². The molecule has 0 aliphatic heterocycles. The second-order valence-corrected chi connectivity index (χ2v) is 4.17. The third-order valence-corrected chi connectivity index (χ3v) is 2.60. The Morgan fingerprint density at radius 1 is 1.39 bits per heavy atom. The fourth-order valence-electron chi connectivity index (χ4n) is 1.45. The van der Waals surface area contributed by atoms with Crippen LogP contribution in [0.25, 0.3) is 0 Å².